The minimum atomic E-state index is -0.305. The molecule has 1 amide bonds. The lowest BCUT2D eigenvalue weighted by Crippen LogP contribution is -2.46. The first-order valence-corrected chi connectivity index (χ1v) is 10.8. The number of benzene rings is 1. The molecular formula is C21H29N3O2S. The van der Waals surface area contributed by atoms with Crippen LogP contribution in [-0.4, -0.2) is 26.8 Å². The number of aromatic nitrogens is 2. The van der Waals surface area contributed by atoms with E-state index >= 15 is 0 Å². The molecule has 1 fully saturated rings. The van der Waals surface area contributed by atoms with Crippen LogP contribution in [-0.2, 0) is 11.3 Å². The molecule has 6 heteroatoms. The van der Waals surface area contributed by atoms with Gasteiger partial charge in [0.2, 0.25) is 5.91 Å². The van der Waals surface area contributed by atoms with E-state index in [0.717, 1.165) is 6.42 Å². The van der Waals surface area contributed by atoms with E-state index in [4.69, 9.17) is 0 Å². The summed E-state index contributed by atoms with van der Waals surface area (Å²) in [5, 5.41) is 4.15. The zero-order valence-electron chi connectivity index (χ0n) is 16.6. The van der Waals surface area contributed by atoms with Gasteiger partial charge in [-0.2, -0.15) is 0 Å². The lowest BCUT2D eigenvalue weighted by Gasteiger charge is -2.35. The van der Waals surface area contributed by atoms with Crippen LogP contribution in [0.3, 0.4) is 0 Å². The Morgan fingerprint density at radius 2 is 2.07 bits per heavy atom. The standard InChI is InChI=1S/C21H29N3O2S/c1-5-24-20(26)16-10-6-7-11-18(16)23-21(24)27-15(4)19(25)22-17-12-8-9-13(2)14(17)3/h6-7,10-11,13-15,17H,5,8-9,12H2,1-4H3,(H,22,25). The second kappa shape index (κ2) is 8.46. The normalized spacial score (nSPS) is 23.9. The average Bonchev–Trinajstić information content (AvgIpc) is 2.65. The summed E-state index contributed by atoms with van der Waals surface area (Å²) in [6, 6.07) is 7.60. The van der Waals surface area contributed by atoms with E-state index in [1.54, 1.807) is 10.6 Å². The van der Waals surface area contributed by atoms with Crippen molar-refractivity contribution in [1.29, 1.82) is 0 Å². The Balaban J connectivity index is 1.78. The van der Waals surface area contributed by atoms with Crippen molar-refractivity contribution in [2.45, 2.75) is 70.0 Å². The summed E-state index contributed by atoms with van der Waals surface area (Å²) in [4.78, 5) is 30.2. The fraction of sp³-hybridized carbons (Fsp3) is 0.571. The van der Waals surface area contributed by atoms with Gasteiger partial charge in [0.15, 0.2) is 5.16 Å². The van der Waals surface area contributed by atoms with Crippen molar-refractivity contribution in [2.75, 3.05) is 0 Å². The summed E-state index contributed by atoms with van der Waals surface area (Å²) in [5.74, 6) is 1.16. The Labute approximate surface area is 164 Å². The largest absolute Gasteiger partial charge is 0.352 e. The molecule has 1 N–H and O–H groups in total. The van der Waals surface area contributed by atoms with Gasteiger partial charge in [-0.05, 0) is 44.2 Å². The molecule has 2 aromatic rings. The summed E-state index contributed by atoms with van der Waals surface area (Å²) in [7, 11) is 0. The van der Waals surface area contributed by atoms with Crippen LogP contribution in [0.25, 0.3) is 10.9 Å². The van der Waals surface area contributed by atoms with Gasteiger partial charge in [-0.25, -0.2) is 4.98 Å². The van der Waals surface area contributed by atoms with Crippen molar-refractivity contribution < 1.29 is 4.79 Å². The number of amides is 1. The molecule has 146 valence electrons. The summed E-state index contributed by atoms with van der Waals surface area (Å²) < 4.78 is 1.65. The SMILES string of the molecule is CCn1c(SC(C)C(=O)NC2CCCC(C)C2C)nc2ccccc2c1=O. The van der Waals surface area contributed by atoms with E-state index in [9.17, 15) is 9.59 Å². The number of nitrogens with zero attached hydrogens (tertiary/aromatic N) is 2. The molecule has 4 atom stereocenters. The predicted octanol–water partition coefficient (Wildman–Crippen LogP) is 3.84. The van der Waals surface area contributed by atoms with Crippen LogP contribution in [0.5, 0.6) is 0 Å². The van der Waals surface area contributed by atoms with Crippen molar-refractivity contribution in [3.05, 3.63) is 34.6 Å². The third-order valence-electron chi connectivity index (χ3n) is 5.83. The average molecular weight is 388 g/mol. The number of para-hydroxylation sites is 1. The summed E-state index contributed by atoms with van der Waals surface area (Å²) in [5.41, 5.74) is 0.630. The van der Waals surface area contributed by atoms with Gasteiger partial charge < -0.3 is 5.32 Å². The van der Waals surface area contributed by atoms with E-state index in [0.29, 0.717) is 34.4 Å². The smallest absolute Gasteiger partial charge is 0.262 e. The zero-order valence-corrected chi connectivity index (χ0v) is 17.4. The van der Waals surface area contributed by atoms with Crippen LogP contribution in [0.2, 0.25) is 0 Å². The Hall–Kier alpha value is -1.82. The van der Waals surface area contributed by atoms with E-state index in [1.165, 1.54) is 24.6 Å². The number of hydrogen-bond acceptors (Lipinski definition) is 4. The van der Waals surface area contributed by atoms with Gasteiger partial charge in [0.1, 0.15) is 0 Å². The molecule has 0 radical (unpaired) electrons. The second-order valence-corrected chi connectivity index (χ2v) is 8.91. The first-order valence-electron chi connectivity index (χ1n) is 9.89. The zero-order chi connectivity index (χ0) is 19.6. The molecule has 0 aliphatic heterocycles. The number of carbonyl (C=O) groups is 1. The summed E-state index contributed by atoms with van der Waals surface area (Å²) in [6.45, 7) is 8.84. The number of rotatable bonds is 5. The van der Waals surface area contributed by atoms with Gasteiger partial charge in [0.05, 0.1) is 16.2 Å². The molecule has 0 saturated heterocycles. The van der Waals surface area contributed by atoms with E-state index in [-0.39, 0.29) is 22.8 Å². The van der Waals surface area contributed by atoms with Gasteiger partial charge in [-0.3, -0.25) is 14.2 Å². The number of hydrogen-bond donors (Lipinski definition) is 1. The Bertz CT molecular complexity index is 879. The fourth-order valence-corrected chi connectivity index (χ4v) is 4.80. The maximum absolute atomic E-state index is 12.8. The Morgan fingerprint density at radius 3 is 2.81 bits per heavy atom. The lowest BCUT2D eigenvalue weighted by atomic mass is 9.78. The van der Waals surface area contributed by atoms with E-state index in [2.05, 4.69) is 24.1 Å². The van der Waals surface area contributed by atoms with Crippen LogP contribution in [0.15, 0.2) is 34.2 Å². The van der Waals surface area contributed by atoms with E-state index in [1.807, 2.05) is 32.0 Å². The molecular weight excluding hydrogens is 358 g/mol. The van der Waals surface area contributed by atoms with Crippen molar-refractivity contribution in [1.82, 2.24) is 14.9 Å². The number of carbonyl (C=O) groups excluding carboxylic acids is 1. The first-order chi connectivity index (χ1) is 12.9. The molecule has 1 aliphatic rings. The third-order valence-corrected chi connectivity index (χ3v) is 6.92. The van der Waals surface area contributed by atoms with Crippen LogP contribution in [0, 0.1) is 11.8 Å². The van der Waals surface area contributed by atoms with Gasteiger partial charge in [-0.15, -0.1) is 0 Å². The molecule has 27 heavy (non-hydrogen) atoms. The highest BCUT2D eigenvalue weighted by Crippen LogP contribution is 2.30. The Morgan fingerprint density at radius 1 is 1.33 bits per heavy atom. The minimum absolute atomic E-state index is 0.0241. The predicted molar refractivity (Wildman–Crippen MR) is 111 cm³/mol. The minimum Gasteiger partial charge on any atom is -0.352 e. The number of nitrogens with one attached hydrogen (secondary N) is 1. The number of thioether (sulfide) groups is 1. The molecule has 3 rings (SSSR count). The Kier molecular flexibility index (Phi) is 6.25. The topological polar surface area (TPSA) is 64.0 Å². The van der Waals surface area contributed by atoms with E-state index < -0.39 is 0 Å². The van der Waals surface area contributed by atoms with Crippen molar-refractivity contribution in [3.63, 3.8) is 0 Å². The fourth-order valence-electron chi connectivity index (χ4n) is 3.81. The van der Waals surface area contributed by atoms with Crippen LogP contribution >= 0.6 is 11.8 Å². The van der Waals surface area contributed by atoms with Crippen LogP contribution in [0.4, 0.5) is 0 Å². The van der Waals surface area contributed by atoms with Crippen molar-refractivity contribution in [2.24, 2.45) is 11.8 Å². The lowest BCUT2D eigenvalue weighted by molar-refractivity contribution is -0.121. The van der Waals surface area contributed by atoms with Crippen LogP contribution < -0.4 is 10.9 Å². The van der Waals surface area contributed by atoms with Gasteiger partial charge in [0, 0.05) is 12.6 Å². The molecule has 0 spiro atoms. The third kappa shape index (κ3) is 4.21. The molecule has 1 aromatic carbocycles. The number of fused-ring (bicyclic) bond motifs is 1. The highest BCUT2D eigenvalue weighted by atomic mass is 32.2. The molecule has 5 nitrogen and oxygen atoms in total. The highest BCUT2D eigenvalue weighted by Gasteiger charge is 2.29. The monoisotopic (exact) mass is 387 g/mol. The maximum atomic E-state index is 12.8. The molecule has 1 heterocycles. The van der Waals surface area contributed by atoms with Gasteiger partial charge in [-0.1, -0.05) is 50.6 Å². The quantitative estimate of drug-likeness (QED) is 0.625. The molecule has 1 saturated carbocycles. The molecule has 1 aliphatic carbocycles. The van der Waals surface area contributed by atoms with Gasteiger partial charge in [0.25, 0.3) is 5.56 Å². The summed E-state index contributed by atoms with van der Waals surface area (Å²) in [6.07, 6.45) is 3.45. The molecule has 4 unspecified atom stereocenters. The first kappa shape index (κ1) is 19.9. The molecule has 0 bridgehead atoms. The summed E-state index contributed by atoms with van der Waals surface area (Å²) >= 11 is 1.36. The van der Waals surface area contributed by atoms with Crippen LogP contribution in [0.1, 0.15) is 47.0 Å². The molecule has 1 aromatic heterocycles. The van der Waals surface area contributed by atoms with Crippen molar-refractivity contribution >= 4 is 28.6 Å². The highest BCUT2D eigenvalue weighted by molar-refractivity contribution is 8.00. The van der Waals surface area contributed by atoms with Crippen molar-refractivity contribution in [3.8, 4) is 0 Å². The maximum Gasteiger partial charge on any atom is 0.262 e. The second-order valence-electron chi connectivity index (χ2n) is 7.60. The van der Waals surface area contributed by atoms with Gasteiger partial charge >= 0.3 is 0 Å².